The van der Waals surface area contributed by atoms with Gasteiger partial charge in [-0.25, -0.2) is 4.98 Å². The molecular formula is C25H27BrN4O. The monoisotopic (exact) mass is 478 g/mol. The predicted molar refractivity (Wildman–Crippen MR) is 132 cm³/mol. The topological polar surface area (TPSA) is 52.2 Å². The van der Waals surface area contributed by atoms with Gasteiger partial charge in [0.2, 0.25) is 0 Å². The minimum Gasteiger partial charge on any atom is -0.344 e. The average molecular weight is 479 g/mol. The van der Waals surface area contributed by atoms with Gasteiger partial charge < -0.3 is 4.57 Å². The smallest absolute Gasteiger partial charge is 0.282 e. The molecule has 0 aliphatic carbocycles. The summed E-state index contributed by atoms with van der Waals surface area (Å²) in [6.45, 7) is 10.5. The van der Waals surface area contributed by atoms with Crippen molar-refractivity contribution in [2.75, 3.05) is 0 Å². The van der Waals surface area contributed by atoms with Gasteiger partial charge in [-0.2, -0.15) is 9.78 Å². The third-order valence-electron chi connectivity index (χ3n) is 5.63. The molecule has 0 fully saturated rings. The molecule has 0 aliphatic rings. The van der Waals surface area contributed by atoms with Crippen LogP contribution in [0.25, 0.3) is 21.8 Å². The quantitative estimate of drug-likeness (QED) is 0.324. The van der Waals surface area contributed by atoms with Crippen molar-refractivity contribution >= 4 is 44.0 Å². The van der Waals surface area contributed by atoms with Gasteiger partial charge in [0.1, 0.15) is 5.82 Å². The van der Waals surface area contributed by atoms with Crippen molar-refractivity contribution in [3.8, 4) is 0 Å². The first kappa shape index (κ1) is 21.5. The molecule has 0 radical (unpaired) electrons. The highest BCUT2D eigenvalue weighted by Gasteiger charge is 2.23. The van der Waals surface area contributed by atoms with E-state index in [1.54, 1.807) is 12.3 Å². The fourth-order valence-corrected chi connectivity index (χ4v) is 4.12. The van der Waals surface area contributed by atoms with Gasteiger partial charge in [-0.1, -0.05) is 61.8 Å². The van der Waals surface area contributed by atoms with E-state index in [9.17, 15) is 4.79 Å². The van der Waals surface area contributed by atoms with Gasteiger partial charge in [0, 0.05) is 38.6 Å². The summed E-state index contributed by atoms with van der Waals surface area (Å²) < 4.78 is 4.57. The number of fused-ring (bicyclic) bond motifs is 2. The molecular weight excluding hydrogens is 452 g/mol. The molecule has 0 unspecified atom stereocenters. The van der Waals surface area contributed by atoms with Crippen LogP contribution in [-0.4, -0.2) is 20.4 Å². The van der Waals surface area contributed by atoms with Gasteiger partial charge in [-0.3, -0.25) is 4.79 Å². The number of halogens is 1. The van der Waals surface area contributed by atoms with E-state index >= 15 is 0 Å². The number of rotatable bonds is 4. The Balaban J connectivity index is 1.93. The van der Waals surface area contributed by atoms with Crippen LogP contribution in [0.3, 0.4) is 0 Å². The number of aromatic nitrogens is 3. The maximum Gasteiger partial charge on any atom is 0.282 e. The van der Waals surface area contributed by atoms with Crippen LogP contribution in [0.5, 0.6) is 0 Å². The van der Waals surface area contributed by atoms with Gasteiger partial charge in [-0.05, 0) is 37.6 Å². The molecule has 0 saturated heterocycles. The van der Waals surface area contributed by atoms with Crippen LogP contribution in [0.2, 0.25) is 0 Å². The highest BCUT2D eigenvalue weighted by atomic mass is 79.9. The van der Waals surface area contributed by atoms with Crippen molar-refractivity contribution in [2.24, 2.45) is 5.10 Å². The third-order valence-corrected chi connectivity index (χ3v) is 6.12. The number of nitrogens with zero attached hydrogens (tertiary/aromatic N) is 4. The van der Waals surface area contributed by atoms with Crippen LogP contribution in [0.1, 0.15) is 58.5 Å². The average Bonchev–Trinajstić information content (AvgIpc) is 3.11. The van der Waals surface area contributed by atoms with Gasteiger partial charge >= 0.3 is 0 Å². The molecule has 0 bridgehead atoms. The highest BCUT2D eigenvalue weighted by Crippen LogP contribution is 2.26. The minimum atomic E-state index is -0.345. The van der Waals surface area contributed by atoms with Gasteiger partial charge in [0.15, 0.2) is 0 Å². The Labute approximate surface area is 190 Å². The zero-order valence-corrected chi connectivity index (χ0v) is 20.1. The molecule has 0 N–H and O–H groups in total. The summed E-state index contributed by atoms with van der Waals surface area (Å²) in [5, 5.41) is 6.32. The van der Waals surface area contributed by atoms with Gasteiger partial charge in [-0.15, -0.1) is 0 Å². The van der Waals surface area contributed by atoms with Crippen molar-refractivity contribution in [3.63, 3.8) is 0 Å². The molecule has 0 aliphatic heterocycles. The molecule has 31 heavy (non-hydrogen) atoms. The van der Waals surface area contributed by atoms with Crippen molar-refractivity contribution in [3.05, 3.63) is 74.9 Å². The first-order valence-corrected chi connectivity index (χ1v) is 11.4. The Morgan fingerprint density at radius 2 is 1.90 bits per heavy atom. The van der Waals surface area contributed by atoms with Crippen molar-refractivity contribution in [2.45, 2.75) is 52.5 Å². The Kier molecular flexibility index (Phi) is 5.60. The Morgan fingerprint density at radius 1 is 1.16 bits per heavy atom. The summed E-state index contributed by atoms with van der Waals surface area (Å²) in [7, 11) is 0. The van der Waals surface area contributed by atoms with E-state index in [4.69, 9.17) is 4.98 Å². The molecule has 160 valence electrons. The van der Waals surface area contributed by atoms with Crippen LogP contribution in [-0.2, 0) is 5.41 Å². The van der Waals surface area contributed by atoms with Gasteiger partial charge in [0.05, 0.1) is 17.1 Å². The molecule has 2 aromatic carbocycles. The molecule has 6 heteroatoms. The maximum atomic E-state index is 13.4. The summed E-state index contributed by atoms with van der Waals surface area (Å²) >= 11 is 3.46. The SMILES string of the molecule is CC[C@H](C)n1cc(C=Nn2c(C(C)(C)C)nc3ccc(Br)cc3c2=O)c2ccccc21. The molecule has 1 atom stereocenters. The molecule has 4 rings (SSSR count). The summed E-state index contributed by atoms with van der Waals surface area (Å²) in [5.74, 6) is 0.634. The maximum absolute atomic E-state index is 13.4. The Hall–Kier alpha value is -2.73. The normalized spacial score (nSPS) is 13.5. The zero-order valence-electron chi connectivity index (χ0n) is 18.6. The summed E-state index contributed by atoms with van der Waals surface area (Å²) in [6.07, 6.45) is 4.94. The van der Waals surface area contributed by atoms with E-state index in [1.165, 1.54) is 10.2 Å². The second-order valence-corrected chi connectivity index (χ2v) is 9.89. The van der Waals surface area contributed by atoms with Crippen LogP contribution in [0.15, 0.2) is 63.0 Å². The fourth-order valence-electron chi connectivity index (χ4n) is 3.76. The Morgan fingerprint density at radius 3 is 2.61 bits per heavy atom. The van der Waals surface area contributed by atoms with Crippen LogP contribution >= 0.6 is 15.9 Å². The largest absolute Gasteiger partial charge is 0.344 e. The number of benzene rings is 2. The predicted octanol–water partition coefficient (Wildman–Crippen LogP) is 6.26. The standard InChI is InChI=1S/C25H27BrN4O/c1-6-16(2)29-15-17(19-9-7-8-10-22(19)29)14-27-30-23(31)20-13-18(26)11-12-21(20)28-24(30)25(3,4)5/h7-16H,6H2,1-5H3/t16-/m0/s1. The molecule has 2 aromatic heterocycles. The van der Waals surface area contributed by atoms with Crippen molar-refractivity contribution in [1.82, 2.24) is 14.2 Å². The minimum absolute atomic E-state index is 0.168. The lowest BCUT2D eigenvalue weighted by molar-refractivity contribution is 0.506. The van der Waals surface area contributed by atoms with Crippen molar-refractivity contribution in [1.29, 1.82) is 0 Å². The summed E-state index contributed by atoms with van der Waals surface area (Å²) in [5.41, 5.74) is 2.32. The third kappa shape index (κ3) is 3.97. The molecule has 0 spiro atoms. The van der Waals surface area contributed by atoms with E-state index in [1.807, 2.05) is 39.0 Å². The van der Waals surface area contributed by atoms with Crippen LogP contribution in [0.4, 0.5) is 0 Å². The fraction of sp³-hybridized carbons (Fsp3) is 0.320. The van der Waals surface area contributed by atoms with Crippen molar-refractivity contribution < 1.29 is 0 Å². The van der Waals surface area contributed by atoms with Crippen LogP contribution < -0.4 is 5.56 Å². The van der Waals surface area contributed by atoms with E-state index in [0.29, 0.717) is 22.8 Å². The second-order valence-electron chi connectivity index (χ2n) is 8.97. The summed E-state index contributed by atoms with van der Waals surface area (Å²) in [6, 6.07) is 14.2. The number of hydrogen-bond acceptors (Lipinski definition) is 3. The first-order chi connectivity index (χ1) is 14.7. The second kappa shape index (κ2) is 8.08. The highest BCUT2D eigenvalue weighted by molar-refractivity contribution is 9.10. The zero-order chi connectivity index (χ0) is 22.3. The lowest BCUT2D eigenvalue weighted by Crippen LogP contribution is -2.29. The Bertz CT molecular complexity index is 1360. The lowest BCUT2D eigenvalue weighted by Gasteiger charge is -2.20. The molecule has 4 aromatic rings. The van der Waals surface area contributed by atoms with Crippen LogP contribution in [0, 0.1) is 0 Å². The van der Waals surface area contributed by atoms with E-state index in [-0.39, 0.29) is 11.0 Å². The molecule has 0 saturated carbocycles. The molecule has 0 amide bonds. The van der Waals surface area contributed by atoms with E-state index in [0.717, 1.165) is 21.8 Å². The van der Waals surface area contributed by atoms with Gasteiger partial charge in [0.25, 0.3) is 5.56 Å². The van der Waals surface area contributed by atoms with E-state index in [2.05, 4.69) is 63.8 Å². The number of para-hydroxylation sites is 1. The molecule has 2 heterocycles. The summed E-state index contributed by atoms with van der Waals surface area (Å²) in [4.78, 5) is 18.2. The first-order valence-electron chi connectivity index (χ1n) is 10.6. The lowest BCUT2D eigenvalue weighted by atomic mass is 9.95. The number of hydrogen-bond donors (Lipinski definition) is 0. The van der Waals surface area contributed by atoms with E-state index < -0.39 is 0 Å². The molecule has 5 nitrogen and oxygen atoms in total.